The predicted octanol–water partition coefficient (Wildman–Crippen LogP) is 0.812. The molecule has 0 saturated carbocycles. The number of hydrogen-bond acceptors (Lipinski definition) is 5. The SMILES string of the molecule is CC(Nc1cccc(S(N)(=O)=O)c1N)c1cn[nH]c1. The van der Waals surface area contributed by atoms with Crippen LogP contribution in [0.4, 0.5) is 11.4 Å². The summed E-state index contributed by atoms with van der Waals surface area (Å²) in [7, 11) is -3.83. The number of sulfonamides is 1. The second-order valence-electron chi connectivity index (χ2n) is 4.16. The Hall–Kier alpha value is -2.06. The van der Waals surface area contributed by atoms with Crippen molar-refractivity contribution in [3.63, 3.8) is 0 Å². The van der Waals surface area contributed by atoms with Gasteiger partial charge in [0.15, 0.2) is 0 Å². The van der Waals surface area contributed by atoms with E-state index in [-0.39, 0.29) is 16.6 Å². The summed E-state index contributed by atoms with van der Waals surface area (Å²) in [6, 6.07) is 4.58. The first kappa shape index (κ1) is 13.4. The topological polar surface area (TPSA) is 127 Å². The van der Waals surface area contributed by atoms with Gasteiger partial charge in [-0.05, 0) is 19.1 Å². The quantitative estimate of drug-likeness (QED) is 0.617. The molecule has 1 atom stereocenters. The summed E-state index contributed by atoms with van der Waals surface area (Å²) in [5.74, 6) is 0. The summed E-state index contributed by atoms with van der Waals surface area (Å²) >= 11 is 0. The number of anilines is 2. The van der Waals surface area contributed by atoms with Crippen molar-refractivity contribution in [3.05, 3.63) is 36.2 Å². The van der Waals surface area contributed by atoms with Crippen molar-refractivity contribution in [2.45, 2.75) is 17.9 Å². The Balaban J connectivity index is 2.32. The van der Waals surface area contributed by atoms with Crippen LogP contribution in [0.25, 0.3) is 0 Å². The summed E-state index contributed by atoms with van der Waals surface area (Å²) in [6.07, 6.45) is 3.43. The van der Waals surface area contributed by atoms with Gasteiger partial charge in [0.25, 0.3) is 0 Å². The highest BCUT2D eigenvalue weighted by Crippen LogP contribution is 2.28. The van der Waals surface area contributed by atoms with Gasteiger partial charge in [-0.15, -0.1) is 0 Å². The van der Waals surface area contributed by atoms with Gasteiger partial charge in [0.2, 0.25) is 10.0 Å². The van der Waals surface area contributed by atoms with Crippen LogP contribution in [0.5, 0.6) is 0 Å². The molecule has 0 aliphatic carbocycles. The zero-order chi connectivity index (χ0) is 14.0. The van der Waals surface area contributed by atoms with Gasteiger partial charge in [-0.25, -0.2) is 13.6 Å². The van der Waals surface area contributed by atoms with Crippen molar-refractivity contribution in [3.8, 4) is 0 Å². The molecule has 1 unspecified atom stereocenters. The second-order valence-corrected chi connectivity index (χ2v) is 5.69. The van der Waals surface area contributed by atoms with E-state index in [2.05, 4.69) is 15.5 Å². The fourth-order valence-electron chi connectivity index (χ4n) is 1.73. The molecular formula is C11H15N5O2S. The van der Waals surface area contributed by atoms with Crippen molar-refractivity contribution < 1.29 is 8.42 Å². The highest BCUT2D eigenvalue weighted by atomic mass is 32.2. The molecule has 0 spiro atoms. The molecule has 19 heavy (non-hydrogen) atoms. The van der Waals surface area contributed by atoms with E-state index >= 15 is 0 Å². The summed E-state index contributed by atoms with van der Waals surface area (Å²) in [5, 5.41) is 14.8. The van der Waals surface area contributed by atoms with Crippen LogP contribution in [0, 0.1) is 0 Å². The van der Waals surface area contributed by atoms with Gasteiger partial charge in [0.05, 0.1) is 23.6 Å². The number of H-pyrrole nitrogens is 1. The van der Waals surface area contributed by atoms with E-state index < -0.39 is 10.0 Å². The third-order valence-corrected chi connectivity index (χ3v) is 3.73. The molecular weight excluding hydrogens is 266 g/mol. The number of aromatic amines is 1. The molecule has 1 aromatic carbocycles. The molecule has 0 radical (unpaired) electrons. The minimum Gasteiger partial charge on any atom is -0.396 e. The molecule has 6 N–H and O–H groups in total. The first-order valence-electron chi connectivity index (χ1n) is 5.56. The Morgan fingerprint density at radius 2 is 2.16 bits per heavy atom. The lowest BCUT2D eigenvalue weighted by atomic mass is 10.1. The van der Waals surface area contributed by atoms with E-state index in [0.29, 0.717) is 5.69 Å². The van der Waals surface area contributed by atoms with Gasteiger partial charge in [0, 0.05) is 11.8 Å². The van der Waals surface area contributed by atoms with Crippen LogP contribution in [0.3, 0.4) is 0 Å². The zero-order valence-corrected chi connectivity index (χ0v) is 11.1. The first-order chi connectivity index (χ1) is 8.89. The largest absolute Gasteiger partial charge is 0.396 e. The van der Waals surface area contributed by atoms with Crippen LogP contribution >= 0.6 is 0 Å². The number of nitrogens with zero attached hydrogens (tertiary/aromatic N) is 1. The molecule has 7 nitrogen and oxygen atoms in total. The minimum absolute atomic E-state index is 0.0724. The van der Waals surface area contributed by atoms with E-state index in [1.54, 1.807) is 24.5 Å². The number of aromatic nitrogens is 2. The fourth-order valence-corrected chi connectivity index (χ4v) is 2.42. The molecule has 102 valence electrons. The lowest BCUT2D eigenvalue weighted by molar-refractivity contribution is 0.598. The van der Waals surface area contributed by atoms with Crippen LogP contribution in [0.1, 0.15) is 18.5 Å². The highest BCUT2D eigenvalue weighted by molar-refractivity contribution is 7.89. The average molecular weight is 281 g/mol. The van der Waals surface area contributed by atoms with E-state index in [0.717, 1.165) is 5.56 Å². The molecule has 0 aliphatic rings. The standard InChI is InChI=1S/C11H15N5O2S/c1-7(8-5-14-15-6-8)16-9-3-2-4-10(11(9)12)19(13,17)18/h2-7,16H,12H2,1H3,(H,14,15)(H2,13,17,18). The zero-order valence-electron chi connectivity index (χ0n) is 10.3. The lowest BCUT2D eigenvalue weighted by Gasteiger charge is -2.16. The number of hydrogen-bond donors (Lipinski definition) is 4. The molecule has 1 heterocycles. The van der Waals surface area contributed by atoms with E-state index in [1.165, 1.54) is 6.07 Å². The van der Waals surface area contributed by atoms with E-state index in [4.69, 9.17) is 10.9 Å². The molecule has 2 aromatic rings. The van der Waals surface area contributed by atoms with Gasteiger partial charge in [-0.3, -0.25) is 5.10 Å². The van der Waals surface area contributed by atoms with Crippen LogP contribution in [-0.4, -0.2) is 18.6 Å². The number of rotatable bonds is 4. The Morgan fingerprint density at radius 1 is 1.42 bits per heavy atom. The molecule has 0 saturated heterocycles. The fraction of sp³-hybridized carbons (Fsp3) is 0.182. The van der Waals surface area contributed by atoms with Gasteiger partial charge in [-0.1, -0.05) is 6.07 Å². The molecule has 0 bridgehead atoms. The van der Waals surface area contributed by atoms with Crippen LogP contribution in [0.15, 0.2) is 35.5 Å². The molecule has 0 amide bonds. The van der Waals surface area contributed by atoms with Crippen LogP contribution in [-0.2, 0) is 10.0 Å². The van der Waals surface area contributed by atoms with Gasteiger partial charge in [0.1, 0.15) is 4.90 Å². The van der Waals surface area contributed by atoms with Crippen molar-refractivity contribution in [1.29, 1.82) is 0 Å². The van der Waals surface area contributed by atoms with Crippen molar-refractivity contribution in [1.82, 2.24) is 10.2 Å². The first-order valence-corrected chi connectivity index (χ1v) is 7.10. The number of primary sulfonamides is 1. The Labute approximate surface area is 111 Å². The minimum atomic E-state index is -3.83. The summed E-state index contributed by atoms with van der Waals surface area (Å²) in [5.41, 5.74) is 7.38. The van der Waals surface area contributed by atoms with Crippen LogP contribution < -0.4 is 16.2 Å². The number of benzene rings is 1. The molecule has 0 fully saturated rings. The molecule has 0 aliphatic heterocycles. The van der Waals surface area contributed by atoms with E-state index in [1.807, 2.05) is 6.92 Å². The third-order valence-electron chi connectivity index (χ3n) is 2.76. The number of nitrogens with one attached hydrogen (secondary N) is 2. The normalized spacial score (nSPS) is 13.2. The Morgan fingerprint density at radius 3 is 2.74 bits per heavy atom. The van der Waals surface area contributed by atoms with Crippen molar-refractivity contribution >= 4 is 21.4 Å². The molecule has 2 rings (SSSR count). The highest BCUT2D eigenvalue weighted by Gasteiger charge is 2.16. The van der Waals surface area contributed by atoms with E-state index in [9.17, 15) is 8.42 Å². The van der Waals surface area contributed by atoms with Crippen molar-refractivity contribution in [2.75, 3.05) is 11.1 Å². The molecule has 8 heteroatoms. The molecule has 1 aromatic heterocycles. The third kappa shape index (κ3) is 2.85. The van der Waals surface area contributed by atoms with Gasteiger partial charge >= 0.3 is 0 Å². The number of nitrogen functional groups attached to an aromatic ring is 1. The predicted molar refractivity (Wildman–Crippen MR) is 72.9 cm³/mol. The van der Waals surface area contributed by atoms with Gasteiger partial charge in [-0.2, -0.15) is 5.10 Å². The average Bonchev–Trinajstić information content (AvgIpc) is 2.83. The van der Waals surface area contributed by atoms with Gasteiger partial charge < -0.3 is 11.1 Å². The van der Waals surface area contributed by atoms with Crippen molar-refractivity contribution in [2.24, 2.45) is 5.14 Å². The monoisotopic (exact) mass is 281 g/mol. The smallest absolute Gasteiger partial charge is 0.240 e. The number of nitrogens with two attached hydrogens (primary N) is 2. The summed E-state index contributed by atoms with van der Waals surface area (Å²) in [6.45, 7) is 1.91. The Kier molecular flexibility index (Phi) is 3.45. The Bertz CT molecular complexity index is 666. The number of para-hydroxylation sites is 1. The maximum absolute atomic E-state index is 11.4. The summed E-state index contributed by atoms with van der Waals surface area (Å²) < 4.78 is 22.8. The lowest BCUT2D eigenvalue weighted by Crippen LogP contribution is -2.16. The summed E-state index contributed by atoms with van der Waals surface area (Å²) in [4.78, 5) is -0.0862. The maximum atomic E-state index is 11.4. The maximum Gasteiger partial charge on any atom is 0.240 e. The van der Waals surface area contributed by atoms with Crippen LogP contribution in [0.2, 0.25) is 0 Å². The second kappa shape index (κ2) is 4.90.